The molecule has 0 bridgehead atoms. The first-order valence-electron chi connectivity index (χ1n) is 4.56. The van der Waals surface area contributed by atoms with Gasteiger partial charge in [-0.25, -0.2) is 4.39 Å². The van der Waals surface area contributed by atoms with E-state index in [-0.39, 0.29) is 5.82 Å². The monoisotopic (exact) mass is 213 g/mol. The molecule has 1 nitrogen and oxygen atoms in total. The first-order valence-corrected chi connectivity index (χ1v) is 4.94. The van der Waals surface area contributed by atoms with Gasteiger partial charge in [-0.2, -0.15) is 0 Å². The maximum atomic E-state index is 12.7. The van der Waals surface area contributed by atoms with Crippen molar-refractivity contribution in [3.63, 3.8) is 0 Å². The van der Waals surface area contributed by atoms with Gasteiger partial charge in [0.1, 0.15) is 5.82 Å². The lowest BCUT2D eigenvalue weighted by Gasteiger charge is -1.98. The lowest BCUT2D eigenvalue weighted by molar-refractivity contribution is 0.628. The van der Waals surface area contributed by atoms with E-state index in [2.05, 4.69) is 5.32 Å². The van der Waals surface area contributed by atoms with Crippen LogP contribution in [0.4, 0.5) is 4.39 Å². The zero-order valence-corrected chi connectivity index (χ0v) is 8.81. The molecule has 0 atom stereocenters. The second-order valence-corrected chi connectivity index (χ2v) is 3.28. The highest BCUT2D eigenvalue weighted by atomic mass is 35.5. The van der Waals surface area contributed by atoms with Crippen LogP contribution in [-0.2, 0) is 0 Å². The van der Waals surface area contributed by atoms with Crippen LogP contribution in [0.5, 0.6) is 0 Å². The van der Waals surface area contributed by atoms with Gasteiger partial charge in [-0.15, -0.1) is 0 Å². The van der Waals surface area contributed by atoms with Crippen molar-refractivity contribution in [2.75, 3.05) is 13.1 Å². The summed E-state index contributed by atoms with van der Waals surface area (Å²) in [7, 11) is 0. The molecule has 0 saturated carbocycles. The normalized spacial score (nSPS) is 11.1. The quantitative estimate of drug-likeness (QED) is 0.758. The topological polar surface area (TPSA) is 12.0 Å². The summed E-state index contributed by atoms with van der Waals surface area (Å²) in [5, 5.41) is 3.59. The van der Waals surface area contributed by atoms with Gasteiger partial charge in [-0.3, -0.25) is 0 Å². The summed E-state index contributed by atoms with van der Waals surface area (Å²) in [4.78, 5) is 0. The summed E-state index contributed by atoms with van der Waals surface area (Å²) < 4.78 is 12.7. The number of rotatable bonds is 4. The van der Waals surface area contributed by atoms with E-state index < -0.39 is 0 Å². The molecule has 0 aliphatic rings. The molecule has 0 saturated heterocycles. The molecule has 0 amide bonds. The van der Waals surface area contributed by atoms with Crippen molar-refractivity contribution in [3.8, 4) is 0 Å². The zero-order valence-electron chi connectivity index (χ0n) is 8.06. The van der Waals surface area contributed by atoms with Crippen molar-refractivity contribution in [3.05, 3.63) is 40.7 Å². The molecule has 0 unspecified atom stereocenters. The molecular weight excluding hydrogens is 201 g/mol. The van der Waals surface area contributed by atoms with E-state index >= 15 is 0 Å². The molecule has 1 aromatic carbocycles. The number of hydrogen-bond acceptors (Lipinski definition) is 1. The Labute approximate surface area is 88.6 Å². The SMILES string of the molecule is CCNC/C=C/c1ccc(F)cc1Cl. The average molecular weight is 214 g/mol. The fourth-order valence-electron chi connectivity index (χ4n) is 1.05. The fraction of sp³-hybridized carbons (Fsp3) is 0.273. The van der Waals surface area contributed by atoms with Crippen LogP contribution in [0.3, 0.4) is 0 Å². The molecular formula is C11H13ClFN. The Bertz CT molecular complexity index is 323. The second kappa shape index (κ2) is 5.78. The Morgan fingerprint density at radius 2 is 2.29 bits per heavy atom. The van der Waals surface area contributed by atoms with Gasteiger partial charge in [0.05, 0.1) is 5.02 Å². The summed E-state index contributed by atoms with van der Waals surface area (Å²) >= 11 is 5.83. The Morgan fingerprint density at radius 3 is 2.93 bits per heavy atom. The summed E-state index contributed by atoms with van der Waals surface area (Å²) in [6.07, 6.45) is 3.84. The Morgan fingerprint density at radius 1 is 1.50 bits per heavy atom. The van der Waals surface area contributed by atoms with Crippen LogP contribution < -0.4 is 5.32 Å². The molecule has 14 heavy (non-hydrogen) atoms. The molecule has 0 aromatic heterocycles. The van der Waals surface area contributed by atoms with Crippen molar-refractivity contribution in [2.45, 2.75) is 6.92 Å². The number of nitrogens with one attached hydrogen (secondary N) is 1. The molecule has 76 valence electrons. The number of hydrogen-bond donors (Lipinski definition) is 1. The van der Waals surface area contributed by atoms with Crippen molar-refractivity contribution < 1.29 is 4.39 Å². The van der Waals surface area contributed by atoms with Crippen molar-refractivity contribution in [1.29, 1.82) is 0 Å². The fourth-order valence-corrected chi connectivity index (χ4v) is 1.28. The zero-order chi connectivity index (χ0) is 10.4. The average Bonchev–Trinajstić information content (AvgIpc) is 2.15. The maximum absolute atomic E-state index is 12.7. The van der Waals surface area contributed by atoms with Crippen molar-refractivity contribution in [2.24, 2.45) is 0 Å². The van der Waals surface area contributed by atoms with Gasteiger partial charge in [0.25, 0.3) is 0 Å². The van der Waals surface area contributed by atoms with Gasteiger partial charge in [-0.05, 0) is 24.2 Å². The molecule has 0 heterocycles. The van der Waals surface area contributed by atoms with Crippen molar-refractivity contribution in [1.82, 2.24) is 5.32 Å². The van der Waals surface area contributed by atoms with Crippen LogP contribution in [0.25, 0.3) is 6.08 Å². The van der Waals surface area contributed by atoms with Crippen LogP contribution in [0.15, 0.2) is 24.3 Å². The third-order valence-corrected chi connectivity index (χ3v) is 2.10. The number of halogens is 2. The second-order valence-electron chi connectivity index (χ2n) is 2.88. The number of benzene rings is 1. The predicted molar refractivity (Wildman–Crippen MR) is 59.0 cm³/mol. The smallest absolute Gasteiger partial charge is 0.124 e. The van der Waals surface area contributed by atoms with E-state index in [1.165, 1.54) is 12.1 Å². The van der Waals surface area contributed by atoms with Crippen molar-refractivity contribution >= 4 is 17.7 Å². The Balaban J connectivity index is 2.62. The van der Waals surface area contributed by atoms with Gasteiger partial charge in [0, 0.05) is 6.54 Å². The van der Waals surface area contributed by atoms with Crippen LogP contribution in [0.2, 0.25) is 5.02 Å². The van der Waals surface area contributed by atoms with Gasteiger partial charge >= 0.3 is 0 Å². The molecule has 1 aromatic rings. The van der Waals surface area contributed by atoms with Gasteiger partial charge in [0.15, 0.2) is 0 Å². The Hall–Kier alpha value is -0.860. The minimum absolute atomic E-state index is 0.307. The molecule has 0 aliphatic carbocycles. The minimum Gasteiger partial charge on any atom is -0.314 e. The van der Waals surface area contributed by atoms with Crippen LogP contribution in [0, 0.1) is 5.82 Å². The molecule has 0 fully saturated rings. The highest BCUT2D eigenvalue weighted by Crippen LogP contribution is 2.18. The van der Waals surface area contributed by atoms with E-state index in [1.807, 2.05) is 19.1 Å². The van der Waals surface area contributed by atoms with E-state index in [1.54, 1.807) is 6.07 Å². The van der Waals surface area contributed by atoms with E-state index in [0.717, 1.165) is 18.7 Å². The lowest BCUT2D eigenvalue weighted by atomic mass is 10.2. The molecule has 0 aliphatic heterocycles. The lowest BCUT2D eigenvalue weighted by Crippen LogP contribution is -2.11. The number of likely N-dealkylation sites (N-methyl/N-ethyl adjacent to an activating group) is 1. The summed E-state index contributed by atoms with van der Waals surface area (Å²) in [5.74, 6) is -0.307. The third-order valence-electron chi connectivity index (χ3n) is 1.77. The van der Waals surface area contributed by atoms with Crippen LogP contribution >= 0.6 is 11.6 Å². The third kappa shape index (κ3) is 3.48. The van der Waals surface area contributed by atoms with Crippen LogP contribution in [0.1, 0.15) is 12.5 Å². The first-order chi connectivity index (χ1) is 6.74. The highest BCUT2D eigenvalue weighted by molar-refractivity contribution is 6.32. The maximum Gasteiger partial charge on any atom is 0.124 e. The molecule has 3 heteroatoms. The molecule has 1 N–H and O–H groups in total. The molecule has 0 spiro atoms. The van der Waals surface area contributed by atoms with E-state index in [0.29, 0.717) is 5.02 Å². The standard InChI is InChI=1S/C11H13ClFN/c1-2-14-7-3-4-9-5-6-10(13)8-11(9)12/h3-6,8,14H,2,7H2,1H3/b4-3+. The van der Waals surface area contributed by atoms with Gasteiger partial charge in [-0.1, -0.05) is 36.7 Å². The largest absolute Gasteiger partial charge is 0.314 e. The minimum atomic E-state index is -0.307. The highest BCUT2D eigenvalue weighted by Gasteiger charge is 1.97. The predicted octanol–water partition coefficient (Wildman–Crippen LogP) is 3.10. The van der Waals surface area contributed by atoms with Gasteiger partial charge in [0.2, 0.25) is 0 Å². The summed E-state index contributed by atoms with van der Waals surface area (Å²) in [5.41, 5.74) is 0.839. The van der Waals surface area contributed by atoms with Gasteiger partial charge < -0.3 is 5.32 Å². The van der Waals surface area contributed by atoms with Crippen LogP contribution in [-0.4, -0.2) is 13.1 Å². The van der Waals surface area contributed by atoms with E-state index in [9.17, 15) is 4.39 Å². The molecule has 1 rings (SSSR count). The molecule has 0 radical (unpaired) electrons. The summed E-state index contributed by atoms with van der Waals surface area (Å²) in [6, 6.07) is 4.38. The first kappa shape index (κ1) is 11.2. The van der Waals surface area contributed by atoms with E-state index in [4.69, 9.17) is 11.6 Å². The Kier molecular flexibility index (Phi) is 4.63. The summed E-state index contributed by atoms with van der Waals surface area (Å²) in [6.45, 7) is 3.77.